The van der Waals surface area contributed by atoms with E-state index in [0.717, 1.165) is 30.5 Å². The lowest BCUT2D eigenvalue weighted by Crippen LogP contribution is -2.45. The number of rotatable bonds is 5. The van der Waals surface area contributed by atoms with E-state index in [1.54, 1.807) is 0 Å². The quantitative estimate of drug-likeness (QED) is 0.878. The van der Waals surface area contributed by atoms with Crippen molar-refractivity contribution in [3.05, 3.63) is 59.9 Å². The molecule has 2 aromatic rings. The van der Waals surface area contributed by atoms with Crippen LogP contribution in [-0.2, 0) is 14.8 Å². The van der Waals surface area contributed by atoms with Crippen molar-refractivity contribution >= 4 is 27.3 Å². The molecule has 5 nitrogen and oxygen atoms in total. The van der Waals surface area contributed by atoms with E-state index in [1.165, 1.54) is 19.1 Å². The Labute approximate surface area is 143 Å². The molecule has 1 N–H and O–H groups in total. The number of carbonyl (C=O) groups is 1. The number of anilines is 2. The minimum Gasteiger partial charge on any atom is -0.322 e. The van der Waals surface area contributed by atoms with Crippen molar-refractivity contribution < 1.29 is 26.4 Å². The minimum atomic E-state index is -3.94. The Bertz CT molecular complexity index is 903. The molecule has 2 rings (SSSR count). The lowest BCUT2D eigenvalue weighted by Gasteiger charge is -2.28. The van der Waals surface area contributed by atoms with E-state index in [-0.39, 0.29) is 11.4 Å². The average molecular weight is 372 g/mol. The summed E-state index contributed by atoms with van der Waals surface area (Å²) in [5, 5.41) is 2.19. The molecule has 0 unspecified atom stereocenters. The van der Waals surface area contributed by atoms with Crippen LogP contribution in [0.2, 0.25) is 0 Å². The molecule has 0 saturated heterocycles. The summed E-state index contributed by atoms with van der Waals surface area (Å²) < 4.78 is 64.8. The van der Waals surface area contributed by atoms with Crippen LogP contribution in [0.25, 0.3) is 0 Å². The van der Waals surface area contributed by atoms with Gasteiger partial charge in [-0.2, -0.15) is 0 Å². The number of carbonyl (C=O) groups excluding carboxylic acids is 1. The first-order chi connectivity index (χ1) is 11.6. The van der Waals surface area contributed by atoms with Crippen LogP contribution in [0.4, 0.5) is 24.5 Å². The molecule has 1 amide bonds. The van der Waals surface area contributed by atoms with Gasteiger partial charge >= 0.3 is 0 Å². The van der Waals surface area contributed by atoms with Crippen LogP contribution in [0.15, 0.2) is 42.5 Å². The zero-order chi connectivity index (χ0) is 18.8. The number of benzene rings is 2. The summed E-state index contributed by atoms with van der Waals surface area (Å²) in [7, 11) is -3.94. The first-order valence-corrected chi connectivity index (χ1v) is 8.95. The van der Waals surface area contributed by atoms with Gasteiger partial charge in [-0.1, -0.05) is 6.07 Å². The molecule has 1 atom stereocenters. The number of amides is 1. The zero-order valence-electron chi connectivity index (χ0n) is 13.3. The molecule has 0 aromatic heterocycles. The predicted molar refractivity (Wildman–Crippen MR) is 88.2 cm³/mol. The first kappa shape index (κ1) is 18.8. The van der Waals surface area contributed by atoms with Gasteiger partial charge in [0.15, 0.2) is 0 Å². The maximum atomic E-state index is 13.6. The van der Waals surface area contributed by atoms with Gasteiger partial charge in [0.1, 0.15) is 23.5 Å². The average Bonchev–Trinajstić information content (AvgIpc) is 2.48. The van der Waals surface area contributed by atoms with Gasteiger partial charge < -0.3 is 5.32 Å². The van der Waals surface area contributed by atoms with Gasteiger partial charge in [-0.15, -0.1) is 0 Å². The number of hydrogen-bond acceptors (Lipinski definition) is 3. The van der Waals surface area contributed by atoms with Crippen LogP contribution >= 0.6 is 0 Å². The Morgan fingerprint density at radius 3 is 2.28 bits per heavy atom. The summed E-state index contributed by atoms with van der Waals surface area (Å²) in [6.07, 6.45) is 0.861. The van der Waals surface area contributed by atoms with Gasteiger partial charge in [0.2, 0.25) is 15.9 Å². The zero-order valence-corrected chi connectivity index (χ0v) is 14.1. The Morgan fingerprint density at radius 1 is 1.08 bits per heavy atom. The van der Waals surface area contributed by atoms with Crippen molar-refractivity contribution in [2.45, 2.75) is 13.0 Å². The summed E-state index contributed by atoms with van der Waals surface area (Å²) in [4.78, 5) is 12.3. The highest BCUT2D eigenvalue weighted by atomic mass is 32.2. The van der Waals surface area contributed by atoms with Crippen molar-refractivity contribution in [1.29, 1.82) is 0 Å². The fourth-order valence-corrected chi connectivity index (χ4v) is 3.42. The maximum absolute atomic E-state index is 13.6. The number of hydrogen-bond donors (Lipinski definition) is 1. The number of nitrogens with one attached hydrogen (secondary N) is 1. The molecule has 134 valence electrons. The molecule has 0 radical (unpaired) electrons. The van der Waals surface area contributed by atoms with E-state index < -0.39 is 39.4 Å². The van der Waals surface area contributed by atoms with Crippen molar-refractivity contribution in [2.75, 3.05) is 15.9 Å². The largest absolute Gasteiger partial charge is 0.322 e. The van der Waals surface area contributed by atoms with Crippen LogP contribution in [0.3, 0.4) is 0 Å². The van der Waals surface area contributed by atoms with Crippen LogP contribution in [0, 0.1) is 17.5 Å². The van der Waals surface area contributed by atoms with Crippen LogP contribution in [-0.4, -0.2) is 26.6 Å². The second-order valence-electron chi connectivity index (χ2n) is 5.33. The molecule has 0 spiro atoms. The Hall–Kier alpha value is -2.55. The van der Waals surface area contributed by atoms with Crippen LogP contribution in [0.5, 0.6) is 0 Å². The number of nitrogens with zero attached hydrogens (tertiary/aromatic N) is 1. The van der Waals surface area contributed by atoms with E-state index in [9.17, 15) is 26.4 Å². The van der Waals surface area contributed by atoms with Gasteiger partial charge in [-0.25, -0.2) is 21.6 Å². The van der Waals surface area contributed by atoms with Crippen molar-refractivity contribution in [2.24, 2.45) is 0 Å². The monoisotopic (exact) mass is 372 g/mol. The van der Waals surface area contributed by atoms with E-state index in [0.29, 0.717) is 10.4 Å². The van der Waals surface area contributed by atoms with Crippen molar-refractivity contribution in [3.8, 4) is 0 Å². The third kappa shape index (κ3) is 4.50. The fraction of sp³-hybridized carbons (Fsp3) is 0.188. The normalized spacial score (nSPS) is 12.5. The molecular formula is C16H15F3N2O3S. The summed E-state index contributed by atoms with van der Waals surface area (Å²) >= 11 is 0. The van der Waals surface area contributed by atoms with Crippen molar-refractivity contribution in [1.82, 2.24) is 0 Å². The SMILES string of the molecule is C[C@@H](C(=O)Nc1ccc(F)cc1F)N(c1cccc(F)c1)S(C)(=O)=O. The molecule has 0 aliphatic rings. The molecular weight excluding hydrogens is 357 g/mol. The summed E-state index contributed by atoms with van der Waals surface area (Å²) in [5.41, 5.74) is -0.351. The van der Waals surface area contributed by atoms with Gasteiger partial charge in [0.25, 0.3) is 0 Å². The highest BCUT2D eigenvalue weighted by molar-refractivity contribution is 7.92. The molecule has 0 aliphatic carbocycles. The van der Waals surface area contributed by atoms with E-state index >= 15 is 0 Å². The first-order valence-electron chi connectivity index (χ1n) is 7.10. The van der Waals surface area contributed by atoms with Gasteiger partial charge in [-0.05, 0) is 37.3 Å². The highest BCUT2D eigenvalue weighted by Crippen LogP contribution is 2.23. The summed E-state index contributed by atoms with van der Waals surface area (Å²) in [5.74, 6) is -3.36. The number of sulfonamides is 1. The maximum Gasteiger partial charge on any atom is 0.248 e. The molecule has 25 heavy (non-hydrogen) atoms. The lowest BCUT2D eigenvalue weighted by atomic mass is 10.2. The summed E-state index contributed by atoms with van der Waals surface area (Å²) in [6, 6.07) is 5.96. The van der Waals surface area contributed by atoms with E-state index in [2.05, 4.69) is 5.32 Å². The molecule has 9 heteroatoms. The molecule has 0 saturated carbocycles. The topological polar surface area (TPSA) is 66.5 Å². The molecule has 0 heterocycles. The molecule has 0 bridgehead atoms. The predicted octanol–water partition coefficient (Wildman–Crippen LogP) is 2.90. The molecule has 2 aromatic carbocycles. The van der Waals surface area contributed by atoms with Crippen molar-refractivity contribution in [3.63, 3.8) is 0 Å². The van der Waals surface area contributed by atoms with Gasteiger partial charge in [0.05, 0.1) is 17.6 Å². The highest BCUT2D eigenvalue weighted by Gasteiger charge is 2.29. The standard InChI is InChI=1S/C16H15F3N2O3S/c1-10(16(22)20-15-7-6-12(18)9-14(15)19)21(25(2,23)24)13-5-3-4-11(17)8-13/h3-10H,1-2H3,(H,20,22)/t10-/m0/s1. The third-order valence-corrected chi connectivity index (χ3v) is 4.58. The molecule has 0 aliphatic heterocycles. The minimum absolute atomic E-state index is 0.0512. The van der Waals surface area contributed by atoms with Gasteiger partial charge in [0, 0.05) is 6.07 Å². The fourth-order valence-electron chi connectivity index (χ4n) is 2.25. The second-order valence-corrected chi connectivity index (χ2v) is 7.19. The summed E-state index contributed by atoms with van der Waals surface area (Å²) in [6.45, 7) is 1.27. The number of halogens is 3. The van der Waals surface area contributed by atoms with Gasteiger partial charge in [-0.3, -0.25) is 9.10 Å². The van der Waals surface area contributed by atoms with Crippen LogP contribution < -0.4 is 9.62 Å². The Kier molecular flexibility index (Phi) is 5.36. The van der Waals surface area contributed by atoms with Crippen LogP contribution in [0.1, 0.15) is 6.92 Å². The molecule has 0 fully saturated rings. The Balaban J connectivity index is 2.33. The smallest absolute Gasteiger partial charge is 0.248 e. The third-order valence-electron chi connectivity index (χ3n) is 3.34. The van der Waals surface area contributed by atoms with E-state index in [4.69, 9.17) is 0 Å². The van der Waals surface area contributed by atoms with E-state index in [1.807, 2.05) is 0 Å². The lowest BCUT2D eigenvalue weighted by molar-refractivity contribution is -0.116. The Morgan fingerprint density at radius 2 is 1.72 bits per heavy atom. The second kappa shape index (κ2) is 7.14.